The average molecular weight is 291 g/mol. The average Bonchev–Trinajstić information content (AvgIpc) is 2.82. The summed E-state index contributed by atoms with van der Waals surface area (Å²) >= 11 is 0. The molecule has 0 spiro atoms. The first-order valence-corrected chi connectivity index (χ1v) is 7.27. The molecule has 3 rings (SSSR count). The van der Waals surface area contributed by atoms with Crippen molar-refractivity contribution in [2.24, 2.45) is 0 Å². The lowest BCUT2D eigenvalue weighted by atomic mass is 10.2. The van der Waals surface area contributed by atoms with Crippen molar-refractivity contribution in [1.82, 2.24) is 15.2 Å². The van der Waals surface area contributed by atoms with Crippen molar-refractivity contribution < 1.29 is 9.53 Å². The van der Waals surface area contributed by atoms with E-state index in [1.165, 1.54) is 0 Å². The molecule has 1 unspecified atom stereocenters. The fourth-order valence-corrected chi connectivity index (χ4v) is 2.75. The maximum atomic E-state index is 11.6. The summed E-state index contributed by atoms with van der Waals surface area (Å²) in [6.07, 6.45) is 0.0311. The molecule has 0 radical (unpaired) electrons. The van der Waals surface area contributed by atoms with E-state index in [0.717, 1.165) is 18.9 Å². The van der Waals surface area contributed by atoms with Gasteiger partial charge in [0, 0.05) is 26.2 Å². The zero-order chi connectivity index (χ0) is 15.0. The number of carbonyl (C=O) groups excluding carboxylic acids is 1. The van der Waals surface area contributed by atoms with E-state index in [1.807, 2.05) is 30.9 Å². The first-order valence-electron chi connectivity index (χ1n) is 7.27. The van der Waals surface area contributed by atoms with Gasteiger partial charge in [0.1, 0.15) is 5.82 Å². The standard InChI is InChI=1S/C14H21N5O2/c1-9(2)21-13-11(15)3-4-12(17-13)18-5-6-19-10(8-18)7-16-14(19)20/h3-4,9-10H,5-8,15H2,1-2H3,(H,16,20). The van der Waals surface area contributed by atoms with Gasteiger partial charge in [-0.1, -0.05) is 0 Å². The number of nitrogens with zero attached hydrogens (tertiary/aromatic N) is 3. The van der Waals surface area contributed by atoms with Crippen LogP contribution in [0.15, 0.2) is 12.1 Å². The molecule has 1 aromatic heterocycles. The highest BCUT2D eigenvalue weighted by atomic mass is 16.5. The maximum absolute atomic E-state index is 11.6. The van der Waals surface area contributed by atoms with Crippen LogP contribution < -0.4 is 20.7 Å². The van der Waals surface area contributed by atoms with Crippen LogP contribution in [0.2, 0.25) is 0 Å². The first kappa shape index (κ1) is 13.8. The third-order valence-corrected chi connectivity index (χ3v) is 3.78. The number of anilines is 2. The fourth-order valence-electron chi connectivity index (χ4n) is 2.75. The molecule has 1 aromatic rings. The van der Waals surface area contributed by atoms with E-state index in [0.29, 0.717) is 24.7 Å². The topological polar surface area (TPSA) is 83.7 Å². The quantitative estimate of drug-likeness (QED) is 0.855. The molecule has 7 heteroatoms. The summed E-state index contributed by atoms with van der Waals surface area (Å²) < 4.78 is 5.64. The molecule has 1 atom stereocenters. The number of nitrogen functional groups attached to an aromatic ring is 1. The number of nitrogens with two attached hydrogens (primary N) is 1. The Morgan fingerprint density at radius 3 is 3.00 bits per heavy atom. The zero-order valence-corrected chi connectivity index (χ0v) is 12.4. The van der Waals surface area contributed by atoms with Gasteiger partial charge in [0.15, 0.2) is 0 Å². The molecule has 0 aromatic carbocycles. The molecule has 0 saturated carbocycles. The lowest BCUT2D eigenvalue weighted by Crippen LogP contribution is -2.52. The monoisotopic (exact) mass is 291 g/mol. The van der Waals surface area contributed by atoms with Crippen molar-refractivity contribution in [2.45, 2.75) is 26.0 Å². The van der Waals surface area contributed by atoms with Gasteiger partial charge in [-0.3, -0.25) is 0 Å². The highest BCUT2D eigenvalue weighted by Crippen LogP contribution is 2.26. The minimum absolute atomic E-state index is 0.0311. The molecule has 114 valence electrons. The van der Waals surface area contributed by atoms with Crippen LogP contribution >= 0.6 is 0 Å². The predicted molar refractivity (Wildman–Crippen MR) is 80.5 cm³/mol. The van der Waals surface area contributed by atoms with Gasteiger partial charge in [-0.25, -0.2) is 4.79 Å². The largest absolute Gasteiger partial charge is 0.473 e. The Balaban J connectivity index is 1.77. The number of aromatic nitrogens is 1. The SMILES string of the molecule is CC(C)Oc1nc(N2CCN3C(=O)NCC3C2)ccc1N. The van der Waals surface area contributed by atoms with E-state index in [4.69, 9.17) is 10.5 Å². The lowest BCUT2D eigenvalue weighted by molar-refractivity contribution is 0.197. The van der Waals surface area contributed by atoms with Gasteiger partial charge in [-0.2, -0.15) is 4.98 Å². The summed E-state index contributed by atoms with van der Waals surface area (Å²) in [7, 11) is 0. The first-order chi connectivity index (χ1) is 10.0. The van der Waals surface area contributed by atoms with E-state index in [9.17, 15) is 4.79 Å². The van der Waals surface area contributed by atoms with Crippen molar-refractivity contribution >= 4 is 17.5 Å². The number of hydrogen-bond acceptors (Lipinski definition) is 5. The maximum Gasteiger partial charge on any atom is 0.317 e. The molecular weight excluding hydrogens is 270 g/mol. The molecule has 0 bridgehead atoms. The van der Waals surface area contributed by atoms with Crippen LogP contribution in [0.5, 0.6) is 5.88 Å². The highest BCUT2D eigenvalue weighted by Gasteiger charge is 2.35. The number of carbonyl (C=O) groups is 1. The van der Waals surface area contributed by atoms with Gasteiger partial charge in [0.2, 0.25) is 5.88 Å². The number of piperazine rings is 1. The van der Waals surface area contributed by atoms with Crippen LogP contribution in [0, 0.1) is 0 Å². The minimum Gasteiger partial charge on any atom is -0.473 e. The third-order valence-electron chi connectivity index (χ3n) is 3.78. The van der Waals surface area contributed by atoms with Crippen molar-refractivity contribution in [1.29, 1.82) is 0 Å². The van der Waals surface area contributed by atoms with Crippen LogP contribution in [0.4, 0.5) is 16.3 Å². The van der Waals surface area contributed by atoms with Crippen molar-refractivity contribution in [3.63, 3.8) is 0 Å². The Hall–Kier alpha value is -2.18. The van der Waals surface area contributed by atoms with Crippen LogP contribution in [0.1, 0.15) is 13.8 Å². The molecule has 2 saturated heterocycles. The van der Waals surface area contributed by atoms with Crippen molar-refractivity contribution in [2.75, 3.05) is 36.8 Å². The minimum atomic E-state index is 0.0311. The molecule has 0 aliphatic carbocycles. The molecule has 2 amide bonds. The fraction of sp³-hybridized carbons (Fsp3) is 0.571. The van der Waals surface area contributed by atoms with Gasteiger partial charge < -0.3 is 25.6 Å². The summed E-state index contributed by atoms with van der Waals surface area (Å²) in [6.45, 7) is 6.84. The summed E-state index contributed by atoms with van der Waals surface area (Å²) in [5.74, 6) is 1.32. The molecule has 2 fully saturated rings. The number of rotatable bonds is 3. The highest BCUT2D eigenvalue weighted by molar-refractivity contribution is 5.77. The van der Waals surface area contributed by atoms with Crippen LogP contribution in [0.25, 0.3) is 0 Å². The molecular formula is C14H21N5O2. The van der Waals surface area contributed by atoms with E-state index in [2.05, 4.69) is 15.2 Å². The number of nitrogens with one attached hydrogen (secondary N) is 1. The third kappa shape index (κ3) is 2.68. The predicted octanol–water partition coefficient (Wildman–Crippen LogP) is 0.665. The lowest BCUT2D eigenvalue weighted by Gasteiger charge is -2.37. The van der Waals surface area contributed by atoms with Crippen molar-refractivity contribution in [3.8, 4) is 5.88 Å². The summed E-state index contributed by atoms with van der Waals surface area (Å²) in [4.78, 5) is 20.2. The van der Waals surface area contributed by atoms with E-state index < -0.39 is 0 Å². The van der Waals surface area contributed by atoms with Crippen LogP contribution in [0.3, 0.4) is 0 Å². The van der Waals surface area contributed by atoms with Crippen LogP contribution in [-0.4, -0.2) is 54.2 Å². The van der Waals surface area contributed by atoms with Gasteiger partial charge in [-0.05, 0) is 26.0 Å². The van der Waals surface area contributed by atoms with Crippen molar-refractivity contribution in [3.05, 3.63) is 12.1 Å². The smallest absolute Gasteiger partial charge is 0.317 e. The summed E-state index contributed by atoms with van der Waals surface area (Å²) in [5.41, 5.74) is 6.45. The number of pyridine rings is 1. The Morgan fingerprint density at radius 1 is 1.43 bits per heavy atom. The number of amides is 2. The Morgan fingerprint density at radius 2 is 2.24 bits per heavy atom. The van der Waals surface area contributed by atoms with E-state index in [-0.39, 0.29) is 18.2 Å². The van der Waals surface area contributed by atoms with Gasteiger partial charge in [-0.15, -0.1) is 0 Å². The van der Waals surface area contributed by atoms with Gasteiger partial charge in [0.05, 0.1) is 17.8 Å². The Kier molecular flexibility index (Phi) is 3.48. The van der Waals surface area contributed by atoms with E-state index >= 15 is 0 Å². The molecule has 3 N–H and O–H groups in total. The number of fused-ring (bicyclic) bond motifs is 1. The second kappa shape index (κ2) is 5.31. The second-order valence-electron chi connectivity index (χ2n) is 5.71. The normalized spacial score (nSPS) is 21.5. The molecule has 2 aliphatic rings. The van der Waals surface area contributed by atoms with Crippen LogP contribution in [-0.2, 0) is 0 Å². The Labute approximate surface area is 124 Å². The summed E-state index contributed by atoms with van der Waals surface area (Å²) in [5, 5.41) is 2.88. The number of hydrogen-bond donors (Lipinski definition) is 2. The Bertz CT molecular complexity index is 548. The second-order valence-corrected chi connectivity index (χ2v) is 5.71. The summed E-state index contributed by atoms with van der Waals surface area (Å²) in [6, 6.07) is 3.97. The zero-order valence-electron chi connectivity index (χ0n) is 12.4. The van der Waals surface area contributed by atoms with Gasteiger partial charge in [0.25, 0.3) is 0 Å². The molecule has 7 nitrogen and oxygen atoms in total. The van der Waals surface area contributed by atoms with E-state index in [1.54, 1.807) is 0 Å². The molecule has 3 heterocycles. The molecule has 2 aliphatic heterocycles. The molecule has 21 heavy (non-hydrogen) atoms. The van der Waals surface area contributed by atoms with Gasteiger partial charge >= 0.3 is 6.03 Å². The number of urea groups is 1. The number of ether oxygens (including phenoxy) is 1.